The third-order valence-corrected chi connectivity index (χ3v) is 4.08. The fourth-order valence-corrected chi connectivity index (χ4v) is 3.08. The van der Waals surface area contributed by atoms with Crippen LogP contribution in [0, 0.1) is 5.82 Å². The number of hydrogen-bond donors (Lipinski definition) is 1. The van der Waals surface area contributed by atoms with Gasteiger partial charge in [-0.2, -0.15) is 0 Å². The molecule has 5 heteroatoms. The summed E-state index contributed by atoms with van der Waals surface area (Å²) in [5, 5.41) is 9.49. The minimum atomic E-state index is -0.769. The maximum Gasteiger partial charge on any atom is 0.304 e. The van der Waals surface area contributed by atoms with E-state index in [1.165, 1.54) is 6.07 Å². The van der Waals surface area contributed by atoms with Crippen LogP contribution in [-0.4, -0.2) is 33.5 Å². The molecule has 0 bridgehead atoms. The van der Waals surface area contributed by atoms with Gasteiger partial charge in [-0.3, -0.25) is 14.7 Å². The largest absolute Gasteiger partial charge is 0.481 e. The van der Waals surface area contributed by atoms with E-state index < -0.39 is 5.97 Å². The van der Waals surface area contributed by atoms with Crippen LogP contribution in [0.15, 0.2) is 30.5 Å². The number of halogens is 1. The zero-order chi connectivity index (χ0) is 14.8. The van der Waals surface area contributed by atoms with Gasteiger partial charge in [0.15, 0.2) is 0 Å². The standard InChI is InChI=1S/C16H17FN2O2/c17-14-6-5-11(16-13(14)4-1-7-18-16)10-19-8-2-3-12(19)9-15(20)21/h1,4-7,12H,2-3,8-10H2,(H,20,21). The van der Waals surface area contributed by atoms with Crippen molar-refractivity contribution < 1.29 is 14.3 Å². The van der Waals surface area contributed by atoms with Crippen molar-refractivity contribution >= 4 is 16.9 Å². The fraction of sp³-hybridized carbons (Fsp3) is 0.375. The van der Waals surface area contributed by atoms with Crippen LogP contribution in [-0.2, 0) is 11.3 Å². The molecule has 1 atom stereocenters. The lowest BCUT2D eigenvalue weighted by Crippen LogP contribution is -2.31. The number of carboxylic acids is 1. The molecule has 0 amide bonds. The van der Waals surface area contributed by atoms with E-state index in [4.69, 9.17) is 5.11 Å². The smallest absolute Gasteiger partial charge is 0.304 e. The van der Waals surface area contributed by atoms with Crippen molar-refractivity contribution in [3.05, 3.63) is 41.8 Å². The van der Waals surface area contributed by atoms with Gasteiger partial charge in [-0.25, -0.2) is 4.39 Å². The second-order valence-corrected chi connectivity index (χ2v) is 5.47. The molecule has 0 spiro atoms. The Morgan fingerprint density at radius 2 is 2.29 bits per heavy atom. The summed E-state index contributed by atoms with van der Waals surface area (Å²) >= 11 is 0. The Morgan fingerprint density at radius 1 is 1.43 bits per heavy atom. The van der Waals surface area contributed by atoms with Crippen LogP contribution in [0.25, 0.3) is 10.9 Å². The van der Waals surface area contributed by atoms with Crippen LogP contribution in [0.1, 0.15) is 24.8 Å². The monoisotopic (exact) mass is 288 g/mol. The van der Waals surface area contributed by atoms with Crippen molar-refractivity contribution in [2.24, 2.45) is 0 Å². The molecule has 4 nitrogen and oxygen atoms in total. The van der Waals surface area contributed by atoms with E-state index in [1.54, 1.807) is 24.4 Å². The molecular weight excluding hydrogens is 271 g/mol. The van der Waals surface area contributed by atoms with Gasteiger partial charge in [0, 0.05) is 24.2 Å². The summed E-state index contributed by atoms with van der Waals surface area (Å²) < 4.78 is 13.8. The average molecular weight is 288 g/mol. The molecule has 1 aliphatic heterocycles. The number of hydrogen-bond acceptors (Lipinski definition) is 3. The lowest BCUT2D eigenvalue weighted by Gasteiger charge is -2.23. The summed E-state index contributed by atoms with van der Waals surface area (Å²) in [7, 11) is 0. The second kappa shape index (κ2) is 5.77. The first kappa shape index (κ1) is 13.9. The highest BCUT2D eigenvalue weighted by molar-refractivity contribution is 5.82. The molecule has 1 fully saturated rings. The van der Waals surface area contributed by atoms with Crippen LogP contribution in [0.4, 0.5) is 4.39 Å². The Bertz CT molecular complexity index is 674. The number of carbonyl (C=O) groups is 1. The molecule has 21 heavy (non-hydrogen) atoms. The van der Waals surface area contributed by atoms with Crippen molar-refractivity contribution in [1.82, 2.24) is 9.88 Å². The molecule has 1 saturated heterocycles. The van der Waals surface area contributed by atoms with E-state index in [0.717, 1.165) is 24.9 Å². The maximum atomic E-state index is 13.8. The first-order valence-electron chi connectivity index (χ1n) is 7.13. The zero-order valence-electron chi connectivity index (χ0n) is 11.6. The highest BCUT2D eigenvalue weighted by Gasteiger charge is 2.27. The number of carboxylic acid groups (broad SMARTS) is 1. The molecule has 1 aliphatic rings. The van der Waals surface area contributed by atoms with Gasteiger partial charge in [0.25, 0.3) is 0 Å². The molecule has 1 aromatic carbocycles. The number of nitrogens with zero attached hydrogens (tertiary/aromatic N) is 2. The molecule has 0 aliphatic carbocycles. The predicted octanol–water partition coefficient (Wildman–Crippen LogP) is 2.81. The molecular formula is C16H17FN2O2. The minimum absolute atomic E-state index is 0.0614. The van der Waals surface area contributed by atoms with Crippen LogP contribution in [0.5, 0.6) is 0 Å². The van der Waals surface area contributed by atoms with Crippen molar-refractivity contribution in [3.8, 4) is 0 Å². The number of likely N-dealkylation sites (tertiary alicyclic amines) is 1. The third kappa shape index (κ3) is 2.88. The zero-order valence-corrected chi connectivity index (χ0v) is 11.6. The van der Waals surface area contributed by atoms with Gasteiger partial charge < -0.3 is 5.11 Å². The van der Waals surface area contributed by atoms with Crippen LogP contribution in [0.2, 0.25) is 0 Å². The molecule has 1 aromatic heterocycles. The molecule has 2 heterocycles. The summed E-state index contributed by atoms with van der Waals surface area (Å²) in [4.78, 5) is 17.4. The topological polar surface area (TPSA) is 53.4 Å². The van der Waals surface area contributed by atoms with E-state index >= 15 is 0 Å². The number of benzene rings is 1. The third-order valence-electron chi connectivity index (χ3n) is 4.08. The molecule has 2 aromatic rings. The number of fused-ring (bicyclic) bond motifs is 1. The normalized spacial score (nSPS) is 19.2. The van der Waals surface area contributed by atoms with Gasteiger partial charge in [0.2, 0.25) is 0 Å². The maximum absolute atomic E-state index is 13.8. The molecule has 0 saturated carbocycles. The van der Waals surface area contributed by atoms with Gasteiger partial charge in [0.1, 0.15) is 5.82 Å². The van der Waals surface area contributed by atoms with E-state index in [0.29, 0.717) is 17.4 Å². The number of pyridine rings is 1. The van der Waals surface area contributed by atoms with E-state index in [-0.39, 0.29) is 18.3 Å². The summed E-state index contributed by atoms with van der Waals surface area (Å²) in [5.41, 5.74) is 1.61. The molecule has 0 radical (unpaired) electrons. The summed E-state index contributed by atoms with van der Waals surface area (Å²) in [6, 6.07) is 6.71. The Hall–Kier alpha value is -2.01. The average Bonchev–Trinajstić information content (AvgIpc) is 2.89. The quantitative estimate of drug-likeness (QED) is 0.940. The lowest BCUT2D eigenvalue weighted by atomic mass is 10.1. The van der Waals surface area contributed by atoms with Crippen LogP contribution in [0.3, 0.4) is 0 Å². The van der Waals surface area contributed by atoms with E-state index in [1.807, 2.05) is 0 Å². The van der Waals surface area contributed by atoms with Crippen molar-refractivity contribution in [2.45, 2.75) is 31.8 Å². The highest BCUT2D eigenvalue weighted by Crippen LogP contribution is 2.26. The number of rotatable bonds is 4. The molecule has 1 N–H and O–H groups in total. The summed E-state index contributed by atoms with van der Waals surface area (Å²) in [6.45, 7) is 1.50. The van der Waals surface area contributed by atoms with Gasteiger partial charge in [0.05, 0.1) is 11.9 Å². The fourth-order valence-electron chi connectivity index (χ4n) is 3.08. The summed E-state index contributed by atoms with van der Waals surface area (Å²) in [5.74, 6) is -1.04. The number of aromatic nitrogens is 1. The Kier molecular flexibility index (Phi) is 3.84. The SMILES string of the molecule is O=C(O)CC1CCCN1Cc1ccc(F)c2cccnc12. The second-order valence-electron chi connectivity index (χ2n) is 5.47. The Balaban J connectivity index is 1.88. The minimum Gasteiger partial charge on any atom is -0.481 e. The lowest BCUT2D eigenvalue weighted by molar-refractivity contribution is -0.138. The van der Waals surface area contributed by atoms with Gasteiger partial charge >= 0.3 is 5.97 Å². The van der Waals surface area contributed by atoms with Crippen LogP contribution >= 0.6 is 0 Å². The molecule has 3 rings (SSSR count). The van der Waals surface area contributed by atoms with E-state index in [9.17, 15) is 9.18 Å². The van der Waals surface area contributed by atoms with Crippen LogP contribution < -0.4 is 0 Å². The van der Waals surface area contributed by atoms with E-state index in [2.05, 4.69) is 9.88 Å². The van der Waals surface area contributed by atoms with Gasteiger partial charge in [-0.05, 0) is 43.1 Å². The predicted molar refractivity (Wildman–Crippen MR) is 77.4 cm³/mol. The summed E-state index contributed by atoms with van der Waals surface area (Å²) in [6.07, 6.45) is 3.72. The van der Waals surface area contributed by atoms with Gasteiger partial charge in [-0.1, -0.05) is 6.07 Å². The first-order chi connectivity index (χ1) is 10.1. The highest BCUT2D eigenvalue weighted by atomic mass is 19.1. The number of aliphatic carboxylic acids is 1. The molecule has 110 valence electrons. The van der Waals surface area contributed by atoms with Gasteiger partial charge in [-0.15, -0.1) is 0 Å². The van der Waals surface area contributed by atoms with Crippen molar-refractivity contribution in [1.29, 1.82) is 0 Å². The molecule has 1 unspecified atom stereocenters. The van der Waals surface area contributed by atoms with Crippen molar-refractivity contribution in [3.63, 3.8) is 0 Å². The Morgan fingerprint density at radius 3 is 3.10 bits per heavy atom. The Labute approximate surface area is 122 Å². The van der Waals surface area contributed by atoms with Crippen molar-refractivity contribution in [2.75, 3.05) is 6.54 Å². The first-order valence-corrected chi connectivity index (χ1v) is 7.13.